The van der Waals surface area contributed by atoms with E-state index in [2.05, 4.69) is 10.3 Å². The maximum absolute atomic E-state index is 11.9. The summed E-state index contributed by atoms with van der Waals surface area (Å²) in [6.07, 6.45) is 1.37. The van der Waals surface area contributed by atoms with Gasteiger partial charge < -0.3 is 10.4 Å². The number of nitrogens with one attached hydrogen (secondary N) is 1. The number of nitrogens with zero attached hydrogens (tertiary/aromatic N) is 1. The lowest BCUT2D eigenvalue weighted by Gasteiger charge is -2.28. The molecule has 1 amide bonds. The van der Waals surface area contributed by atoms with E-state index in [1.807, 2.05) is 0 Å². The summed E-state index contributed by atoms with van der Waals surface area (Å²) in [5.74, 6) is -1.34. The Kier molecular flexibility index (Phi) is 4.89. The number of hydrogen-bond acceptors (Lipinski definition) is 3. The maximum atomic E-state index is 11.9. The van der Waals surface area contributed by atoms with Gasteiger partial charge in [0.1, 0.15) is 0 Å². The smallest absolute Gasteiger partial charge is 0.310 e. The third-order valence-electron chi connectivity index (χ3n) is 3.31. The summed E-state index contributed by atoms with van der Waals surface area (Å²) in [5.41, 5.74) is -1.12. The number of anilines is 1. The van der Waals surface area contributed by atoms with Crippen LogP contribution in [0.25, 0.3) is 0 Å². The minimum atomic E-state index is -1.12. The fraction of sp³-hybridized carbons (Fsp3) is 0.462. The lowest BCUT2D eigenvalue weighted by molar-refractivity contribution is -0.153. The van der Waals surface area contributed by atoms with Gasteiger partial charge in [0.25, 0.3) is 0 Å². The molecule has 1 rings (SSSR count). The molecule has 0 aliphatic rings. The van der Waals surface area contributed by atoms with Crippen LogP contribution in [0.2, 0.25) is 5.02 Å². The highest BCUT2D eigenvalue weighted by Gasteiger charge is 2.38. The molecule has 0 aliphatic carbocycles. The van der Waals surface area contributed by atoms with Crippen molar-refractivity contribution in [2.45, 2.75) is 27.2 Å². The van der Waals surface area contributed by atoms with Gasteiger partial charge in [0, 0.05) is 12.6 Å². The highest BCUT2D eigenvalue weighted by molar-refractivity contribution is 6.33. The fourth-order valence-corrected chi connectivity index (χ4v) is 1.68. The molecule has 2 N–H and O–H groups in total. The quantitative estimate of drug-likeness (QED) is 0.871. The number of hydrogen-bond donors (Lipinski definition) is 2. The van der Waals surface area contributed by atoms with Crippen molar-refractivity contribution < 1.29 is 14.7 Å². The van der Waals surface area contributed by atoms with Gasteiger partial charge in [-0.15, -0.1) is 0 Å². The first-order valence-electron chi connectivity index (χ1n) is 5.91. The number of aliphatic carboxylic acids is 1. The Hall–Kier alpha value is -1.62. The molecular formula is C13H17ClN2O3. The minimum absolute atomic E-state index is 0.132. The standard InChI is InChI=1S/C13H17ClN2O3/c1-8(2)13(3,12(18)19)7-10(17)16-11-9(14)5-4-6-15-11/h4-6,8H,7H2,1-3H3,(H,18,19)(H,15,16,17). The summed E-state index contributed by atoms with van der Waals surface area (Å²) in [6, 6.07) is 3.25. The first-order chi connectivity index (χ1) is 8.77. The first kappa shape index (κ1) is 15.4. The van der Waals surface area contributed by atoms with Crippen LogP contribution in [-0.4, -0.2) is 22.0 Å². The minimum Gasteiger partial charge on any atom is -0.481 e. The molecule has 1 unspecified atom stereocenters. The number of halogens is 1. The summed E-state index contributed by atoms with van der Waals surface area (Å²) < 4.78 is 0. The van der Waals surface area contributed by atoms with Crippen LogP contribution < -0.4 is 5.32 Å². The molecule has 1 atom stereocenters. The summed E-state index contributed by atoms with van der Waals surface area (Å²) in [7, 11) is 0. The molecule has 0 bridgehead atoms. The number of aromatic nitrogens is 1. The zero-order valence-electron chi connectivity index (χ0n) is 11.1. The number of carbonyl (C=O) groups excluding carboxylic acids is 1. The molecule has 0 aromatic carbocycles. The average Bonchev–Trinajstić information content (AvgIpc) is 2.31. The van der Waals surface area contributed by atoms with Gasteiger partial charge in [-0.25, -0.2) is 4.98 Å². The molecule has 1 aromatic rings. The number of rotatable bonds is 5. The van der Waals surface area contributed by atoms with Crippen molar-refractivity contribution in [2.24, 2.45) is 11.3 Å². The predicted molar refractivity (Wildman–Crippen MR) is 73.1 cm³/mol. The van der Waals surface area contributed by atoms with Crippen LogP contribution in [-0.2, 0) is 9.59 Å². The van der Waals surface area contributed by atoms with Gasteiger partial charge in [0.15, 0.2) is 5.82 Å². The van der Waals surface area contributed by atoms with Crippen LogP contribution in [0.4, 0.5) is 5.82 Å². The van der Waals surface area contributed by atoms with Crippen LogP contribution in [0.5, 0.6) is 0 Å². The lowest BCUT2D eigenvalue weighted by Crippen LogP contribution is -2.37. The number of pyridine rings is 1. The molecule has 6 heteroatoms. The van der Waals surface area contributed by atoms with E-state index in [1.165, 1.54) is 6.20 Å². The normalized spacial score (nSPS) is 13.9. The predicted octanol–water partition coefficient (Wildman–Crippen LogP) is 2.81. The van der Waals surface area contributed by atoms with Crippen LogP contribution in [0.1, 0.15) is 27.2 Å². The van der Waals surface area contributed by atoms with Crippen LogP contribution in [0.15, 0.2) is 18.3 Å². The van der Waals surface area contributed by atoms with E-state index in [9.17, 15) is 14.7 Å². The zero-order valence-corrected chi connectivity index (χ0v) is 11.9. The van der Waals surface area contributed by atoms with E-state index >= 15 is 0 Å². The molecule has 0 spiro atoms. The van der Waals surface area contributed by atoms with Crippen molar-refractivity contribution in [3.8, 4) is 0 Å². The summed E-state index contributed by atoms with van der Waals surface area (Å²) in [6.45, 7) is 5.10. The second-order valence-electron chi connectivity index (χ2n) is 4.94. The van der Waals surface area contributed by atoms with Crippen molar-refractivity contribution in [3.05, 3.63) is 23.4 Å². The SMILES string of the molecule is CC(C)C(C)(CC(=O)Nc1ncccc1Cl)C(=O)O. The third-order valence-corrected chi connectivity index (χ3v) is 3.61. The second kappa shape index (κ2) is 6.02. The lowest BCUT2D eigenvalue weighted by atomic mass is 9.76. The van der Waals surface area contributed by atoms with Gasteiger partial charge in [0.05, 0.1) is 10.4 Å². The monoisotopic (exact) mass is 284 g/mol. The van der Waals surface area contributed by atoms with Gasteiger partial charge in [-0.1, -0.05) is 25.4 Å². The van der Waals surface area contributed by atoms with Crippen molar-refractivity contribution in [1.82, 2.24) is 4.98 Å². The Labute approximate surface area is 117 Å². The molecule has 0 fully saturated rings. The molecule has 0 saturated heterocycles. The molecule has 5 nitrogen and oxygen atoms in total. The first-order valence-corrected chi connectivity index (χ1v) is 6.29. The largest absolute Gasteiger partial charge is 0.481 e. The van der Waals surface area contributed by atoms with Crippen LogP contribution in [0.3, 0.4) is 0 Å². The fourth-order valence-electron chi connectivity index (χ4n) is 1.51. The third kappa shape index (κ3) is 3.67. The number of carboxylic acids is 1. The molecule has 104 valence electrons. The van der Waals surface area contributed by atoms with Gasteiger partial charge in [0.2, 0.25) is 5.91 Å². The van der Waals surface area contributed by atoms with Gasteiger partial charge in [-0.3, -0.25) is 9.59 Å². The Balaban J connectivity index is 2.80. The number of amides is 1. The Morgan fingerprint density at radius 2 is 2.16 bits per heavy atom. The zero-order chi connectivity index (χ0) is 14.6. The van der Waals surface area contributed by atoms with Crippen molar-refractivity contribution >= 4 is 29.3 Å². The molecule has 19 heavy (non-hydrogen) atoms. The molecule has 1 heterocycles. The van der Waals surface area contributed by atoms with E-state index in [0.29, 0.717) is 5.02 Å². The van der Waals surface area contributed by atoms with Crippen molar-refractivity contribution in [1.29, 1.82) is 0 Å². The van der Waals surface area contributed by atoms with E-state index in [0.717, 1.165) is 0 Å². The average molecular weight is 285 g/mol. The van der Waals surface area contributed by atoms with Crippen molar-refractivity contribution in [3.63, 3.8) is 0 Å². The second-order valence-corrected chi connectivity index (χ2v) is 5.34. The summed E-state index contributed by atoms with van der Waals surface area (Å²) >= 11 is 5.87. The van der Waals surface area contributed by atoms with Gasteiger partial charge >= 0.3 is 5.97 Å². The maximum Gasteiger partial charge on any atom is 0.310 e. The highest BCUT2D eigenvalue weighted by Crippen LogP contribution is 2.32. The van der Waals surface area contributed by atoms with E-state index in [1.54, 1.807) is 32.9 Å². The van der Waals surface area contributed by atoms with Crippen LogP contribution >= 0.6 is 11.6 Å². The van der Waals surface area contributed by atoms with E-state index in [-0.39, 0.29) is 18.2 Å². The molecule has 1 aromatic heterocycles. The van der Waals surface area contributed by atoms with E-state index < -0.39 is 17.3 Å². The van der Waals surface area contributed by atoms with E-state index in [4.69, 9.17) is 11.6 Å². The Morgan fingerprint density at radius 3 is 2.63 bits per heavy atom. The topological polar surface area (TPSA) is 79.3 Å². The molecule has 0 radical (unpaired) electrons. The number of carbonyl (C=O) groups is 2. The Morgan fingerprint density at radius 1 is 1.53 bits per heavy atom. The summed E-state index contributed by atoms with van der Waals surface area (Å²) in [5, 5.41) is 12.1. The number of carboxylic acid groups (broad SMARTS) is 1. The van der Waals surface area contributed by atoms with Gasteiger partial charge in [-0.05, 0) is 25.0 Å². The Bertz CT molecular complexity index is 491. The summed E-state index contributed by atoms with van der Waals surface area (Å²) in [4.78, 5) is 27.1. The highest BCUT2D eigenvalue weighted by atomic mass is 35.5. The van der Waals surface area contributed by atoms with Crippen LogP contribution in [0, 0.1) is 11.3 Å². The van der Waals surface area contributed by atoms with Gasteiger partial charge in [-0.2, -0.15) is 0 Å². The molecule has 0 saturated carbocycles. The molecular weight excluding hydrogens is 268 g/mol. The molecule has 0 aliphatic heterocycles. The van der Waals surface area contributed by atoms with Crippen molar-refractivity contribution in [2.75, 3.05) is 5.32 Å².